The molecule has 1 aliphatic carbocycles. The van der Waals surface area contributed by atoms with Gasteiger partial charge in [-0.15, -0.1) is 0 Å². The molecule has 1 unspecified atom stereocenters. The number of aliphatic hydroxyl groups is 1. The largest absolute Gasteiger partial charge is 0.389 e. The Kier molecular flexibility index (Phi) is 5.88. The molecule has 2 heteroatoms. The van der Waals surface area contributed by atoms with E-state index in [1.54, 1.807) is 0 Å². The van der Waals surface area contributed by atoms with Crippen LogP contribution in [0.4, 0.5) is 0 Å². The van der Waals surface area contributed by atoms with Gasteiger partial charge < -0.3 is 9.84 Å². The molecule has 0 bridgehead atoms. The lowest BCUT2D eigenvalue weighted by molar-refractivity contribution is 0.0936. The van der Waals surface area contributed by atoms with Crippen LogP contribution in [0, 0.1) is 0 Å². The van der Waals surface area contributed by atoms with E-state index in [1.807, 2.05) is 0 Å². The van der Waals surface area contributed by atoms with E-state index in [0.717, 1.165) is 32.3 Å². The second kappa shape index (κ2) is 7.02. The zero-order chi connectivity index (χ0) is 10.2. The quantitative estimate of drug-likeness (QED) is 0.525. The summed E-state index contributed by atoms with van der Waals surface area (Å²) in [6, 6.07) is 0. The van der Waals surface area contributed by atoms with Crippen molar-refractivity contribution in [3.63, 3.8) is 0 Å². The molecule has 0 saturated carbocycles. The maximum atomic E-state index is 9.82. The molecule has 0 radical (unpaired) electrons. The van der Waals surface area contributed by atoms with Crippen molar-refractivity contribution in [1.29, 1.82) is 0 Å². The van der Waals surface area contributed by atoms with Gasteiger partial charge >= 0.3 is 0 Å². The van der Waals surface area contributed by atoms with Gasteiger partial charge in [0.25, 0.3) is 0 Å². The number of ether oxygens (including phenoxy) is 1. The maximum Gasteiger partial charge on any atom is 0.0772 e. The molecule has 0 aliphatic heterocycles. The molecule has 82 valence electrons. The fourth-order valence-corrected chi connectivity index (χ4v) is 1.79. The first kappa shape index (κ1) is 11.7. The lowest BCUT2D eigenvalue weighted by atomic mass is 9.94. The van der Waals surface area contributed by atoms with Gasteiger partial charge in [0.1, 0.15) is 0 Å². The Balaban J connectivity index is 2.13. The van der Waals surface area contributed by atoms with Crippen LogP contribution in [0.3, 0.4) is 0 Å². The molecule has 0 aromatic carbocycles. The summed E-state index contributed by atoms with van der Waals surface area (Å²) in [5.41, 5.74) is 1.23. The molecule has 0 aromatic rings. The maximum absolute atomic E-state index is 9.82. The minimum atomic E-state index is -0.257. The lowest BCUT2D eigenvalue weighted by Crippen LogP contribution is -2.15. The van der Waals surface area contributed by atoms with Crippen LogP contribution in [-0.2, 0) is 4.74 Å². The third-order valence-corrected chi connectivity index (χ3v) is 2.64. The van der Waals surface area contributed by atoms with Crippen molar-refractivity contribution in [2.45, 2.75) is 51.6 Å². The summed E-state index contributed by atoms with van der Waals surface area (Å²) in [6.45, 7) is 3.60. The molecule has 1 rings (SSSR count). The predicted molar refractivity (Wildman–Crippen MR) is 58.3 cm³/mol. The number of rotatable bonds is 6. The van der Waals surface area contributed by atoms with Crippen LogP contribution >= 0.6 is 0 Å². The highest BCUT2D eigenvalue weighted by Gasteiger charge is 2.12. The van der Waals surface area contributed by atoms with Gasteiger partial charge in [-0.1, -0.05) is 13.0 Å². The molecule has 0 saturated heterocycles. The van der Waals surface area contributed by atoms with Crippen LogP contribution in [0.1, 0.15) is 45.4 Å². The number of hydrogen-bond donors (Lipinski definition) is 1. The summed E-state index contributed by atoms with van der Waals surface area (Å²) in [7, 11) is 0. The smallest absolute Gasteiger partial charge is 0.0772 e. The summed E-state index contributed by atoms with van der Waals surface area (Å²) in [5, 5.41) is 9.82. The highest BCUT2D eigenvalue weighted by atomic mass is 16.5. The Labute approximate surface area is 87.0 Å². The standard InChI is InChI=1S/C12H22O2/c1-2-9-14-10-8-12(13)11-6-4-3-5-7-11/h6,12-13H,2-5,7-10H2,1H3. The molecular formula is C12H22O2. The summed E-state index contributed by atoms with van der Waals surface area (Å²) < 4.78 is 5.36. The highest BCUT2D eigenvalue weighted by Crippen LogP contribution is 2.21. The van der Waals surface area contributed by atoms with Crippen LogP contribution < -0.4 is 0 Å². The predicted octanol–water partition coefficient (Wildman–Crippen LogP) is 2.66. The molecule has 1 atom stereocenters. The third kappa shape index (κ3) is 4.25. The Hall–Kier alpha value is -0.340. The molecule has 2 nitrogen and oxygen atoms in total. The normalized spacial score (nSPS) is 19.1. The Bertz CT molecular complexity index is 175. The average Bonchev–Trinajstić information content (AvgIpc) is 2.25. The van der Waals surface area contributed by atoms with E-state index in [0.29, 0.717) is 6.61 Å². The van der Waals surface area contributed by atoms with Gasteiger partial charge in [-0.25, -0.2) is 0 Å². The highest BCUT2D eigenvalue weighted by molar-refractivity contribution is 5.10. The van der Waals surface area contributed by atoms with Gasteiger partial charge in [-0.05, 0) is 37.7 Å². The van der Waals surface area contributed by atoms with Crippen LogP contribution in [0.25, 0.3) is 0 Å². The van der Waals surface area contributed by atoms with Gasteiger partial charge in [0.2, 0.25) is 0 Å². The van der Waals surface area contributed by atoms with Gasteiger partial charge in [0, 0.05) is 19.6 Å². The van der Waals surface area contributed by atoms with E-state index >= 15 is 0 Å². The second-order valence-corrected chi connectivity index (χ2v) is 3.94. The van der Waals surface area contributed by atoms with Crippen molar-refractivity contribution in [2.75, 3.05) is 13.2 Å². The van der Waals surface area contributed by atoms with Crippen LogP contribution in [0.2, 0.25) is 0 Å². The zero-order valence-electron chi connectivity index (χ0n) is 9.17. The van der Waals surface area contributed by atoms with E-state index in [2.05, 4.69) is 13.0 Å². The fraction of sp³-hybridized carbons (Fsp3) is 0.833. The first-order valence-electron chi connectivity index (χ1n) is 5.79. The summed E-state index contributed by atoms with van der Waals surface area (Å²) in [5.74, 6) is 0. The SMILES string of the molecule is CCCOCCC(O)C1=CCCCC1. The minimum absolute atomic E-state index is 0.257. The Morgan fingerprint density at radius 3 is 2.93 bits per heavy atom. The summed E-state index contributed by atoms with van der Waals surface area (Å²) in [6.07, 6.45) is 8.49. The van der Waals surface area contributed by atoms with Crippen LogP contribution in [0.15, 0.2) is 11.6 Å². The Morgan fingerprint density at radius 1 is 1.43 bits per heavy atom. The number of allylic oxidation sites excluding steroid dienone is 1. The molecule has 1 aliphatic rings. The number of aliphatic hydroxyl groups excluding tert-OH is 1. The third-order valence-electron chi connectivity index (χ3n) is 2.64. The molecule has 0 amide bonds. The minimum Gasteiger partial charge on any atom is -0.389 e. The molecule has 0 spiro atoms. The van der Waals surface area contributed by atoms with Gasteiger partial charge in [-0.3, -0.25) is 0 Å². The van der Waals surface area contributed by atoms with E-state index < -0.39 is 0 Å². The van der Waals surface area contributed by atoms with Crippen molar-refractivity contribution in [2.24, 2.45) is 0 Å². The average molecular weight is 198 g/mol. The van der Waals surface area contributed by atoms with Crippen molar-refractivity contribution < 1.29 is 9.84 Å². The second-order valence-electron chi connectivity index (χ2n) is 3.94. The van der Waals surface area contributed by atoms with E-state index in [9.17, 15) is 5.11 Å². The first-order valence-corrected chi connectivity index (χ1v) is 5.79. The van der Waals surface area contributed by atoms with Crippen molar-refractivity contribution in [3.8, 4) is 0 Å². The zero-order valence-corrected chi connectivity index (χ0v) is 9.17. The first-order chi connectivity index (χ1) is 6.84. The van der Waals surface area contributed by atoms with Gasteiger partial charge in [0.15, 0.2) is 0 Å². The van der Waals surface area contributed by atoms with Crippen LogP contribution in [0.5, 0.6) is 0 Å². The monoisotopic (exact) mass is 198 g/mol. The van der Waals surface area contributed by atoms with E-state index in [1.165, 1.54) is 18.4 Å². The van der Waals surface area contributed by atoms with Gasteiger partial charge in [0.05, 0.1) is 6.10 Å². The molecule has 14 heavy (non-hydrogen) atoms. The van der Waals surface area contributed by atoms with E-state index in [-0.39, 0.29) is 6.10 Å². The molecule has 0 fully saturated rings. The van der Waals surface area contributed by atoms with E-state index in [4.69, 9.17) is 4.74 Å². The molecular weight excluding hydrogens is 176 g/mol. The molecule has 1 N–H and O–H groups in total. The summed E-state index contributed by atoms with van der Waals surface area (Å²) >= 11 is 0. The fourth-order valence-electron chi connectivity index (χ4n) is 1.79. The van der Waals surface area contributed by atoms with Crippen molar-refractivity contribution >= 4 is 0 Å². The molecule has 0 aromatic heterocycles. The van der Waals surface area contributed by atoms with Gasteiger partial charge in [-0.2, -0.15) is 0 Å². The van der Waals surface area contributed by atoms with Crippen molar-refractivity contribution in [1.82, 2.24) is 0 Å². The summed E-state index contributed by atoms with van der Waals surface area (Å²) in [4.78, 5) is 0. The Morgan fingerprint density at radius 2 is 2.29 bits per heavy atom. The topological polar surface area (TPSA) is 29.5 Å². The number of hydrogen-bond acceptors (Lipinski definition) is 2. The van der Waals surface area contributed by atoms with Crippen molar-refractivity contribution in [3.05, 3.63) is 11.6 Å². The molecule has 0 heterocycles. The lowest BCUT2D eigenvalue weighted by Gasteiger charge is -2.18. The van der Waals surface area contributed by atoms with Crippen LogP contribution in [-0.4, -0.2) is 24.4 Å².